The number of anilines is 2. The smallest absolute Gasteiger partial charge is 0.0615 e. The van der Waals surface area contributed by atoms with Gasteiger partial charge in [0, 0.05) is 26.8 Å². The molecule has 1 fully saturated rings. The number of hydrogen-bond acceptors (Lipinski definition) is 3. The van der Waals surface area contributed by atoms with E-state index < -0.39 is 0 Å². The van der Waals surface area contributed by atoms with E-state index in [1.54, 1.807) is 0 Å². The van der Waals surface area contributed by atoms with E-state index in [2.05, 4.69) is 41.5 Å². The minimum Gasteiger partial charge on any atom is -0.381 e. The Kier molecular flexibility index (Phi) is 2.28. The summed E-state index contributed by atoms with van der Waals surface area (Å²) in [6.07, 6.45) is 2.23. The fourth-order valence-corrected chi connectivity index (χ4v) is 2.81. The molecule has 1 aromatic rings. The Morgan fingerprint density at radius 1 is 1.25 bits per heavy atom. The lowest BCUT2D eigenvalue weighted by Crippen LogP contribution is -2.57. The number of rotatable bonds is 0. The molecule has 0 saturated carbocycles. The SMILES string of the molecule is CN1c2ccccc2NCC12CCOCC2. The molecule has 3 nitrogen and oxygen atoms in total. The number of nitrogens with zero attached hydrogens (tertiary/aromatic N) is 1. The van der Waals surface area contributed by atoms with E-state index in [0.717, 1.165) is 32.6 Å². The molecular formula is C13H18N2O. The van der Waals surface area contributed by atoms with E-state index in [9.17, 15) is 0 Å². The van der Waals surface area contributed by atoms with Crippen molar-refractivity contribution in [3.63, 3.8) is 0 Å². The van der Waals surface area contributed by atoms with Crippen molar-refractivity contribution in [1.82, 2.24) is 0 Å². The van der Waals surface area contributed by atoms with Crippen molar-refractivity contribution >= 4 is 11.4 Å². The van der Waals surface area contributed by atoms with E-state index in [-0.39, 0.29) is 5.54 Å². The third kappa shape index (κ3) is 1.39. The molecule has 2 heterocycles. The van der Waals surface area contributed by atoms with Gasteiger partial charge in [-0.25, -0.2) is 0 Å². The highest BCUT2D eigenvalue weighted by Crippen LogP contribution is 2.39. The summed E-state index contributed by atoms with van der Waals surface area (Å²) in [6, 6.07) is 8.54. The summed E-state index contributed by atoms with van der Waals surface area (Å²) in [4.78, 5) is 2.45. The first-order chi connectivity index (χ1) is 7.82. The van der Waals surface area contributed by atoms with Crippen LogP contribution in [0.5, 0.6) is 0 Å². The van der Waals surface area contributed by atoms with Gasteiger partial charge in [-0.15, -0.1) is 0 Å². The van der Waals surface area contributed by atoms with Gasteiger partial charge in [0.05, 0.1) is 16.9 Å². The van der Waals surface area contributed by atoms with Crippen LogP contribution in [0.3, 0.4) is 0 Å². The van der Waals surface area contributed by atoms with Crippen LogP contribution in [0.2, 0.25) is 0 Å². The minimum absolute atomic E-state index is 0.257. The molecule has 0 atom stereocenters. The maximum atomic E-state index is 5.48. The van der Waals surface area contributed by atoms with Crippen molar-refractivity contribution in [2.24, 2.45) is 0 Å². The molecule has 0 radical (unpaired) electrons. The Hall–Kier alpha value is -1.22. The highest BCUT2D eigenvalue weighted by atomic mass is 16.5. The summed E-state index contributed by atoms with van der Waals surface area (Å²) in [5.41, 5.74) is 2.82. The lowest BCUT2D eigenvalue weighted by atomic mass is 9.86. The number of hydrogen-bond donors (Lipinski definition) is 1. The molecule has 0 amide bonds. The molecule has 1 aromatic carbocycles. The lowest BCUT2D eigenvalue weighted by molar-refractivity contribution is 0.0548. The quantitative estimate of drug-likeness (QED) is 0.721. The summed E-state index contributed by atoms with van der Waals surface area (Å²) in [7, 11) is 2.21. The van der Waals surface area contributed by atoms with E-state index in [4.69, 9.17) is 4.74 Å². The first kappa shape index (κ1) is 9.97. The Balaban J connectivity index is 1.96. The highest BCUT2D eigenvalue weighted by molar-refractivity contribution is 5.73. The second-order valence-corrected chi connectivity index (χ2v) is 4.77. The van der Waals surface area contributed by atoms with Crippen molar-refractivity contribution in [3.8, 4) is 0 Å². The van der Waals surface area contributed by atoms with Crippen LogP contribution in [0.4, 0.5) is 11.4 Å². The summed E-state index contributed by atoms with van der Waals surface area (Å²) in [5.74, 6) is 0. The third-order valence-electron chi connectivity index (χ3n) is 4.01. The van der Waals surface area contributed by atoms with Crippen LogP contribution < -0.4 is 10.2 Å². The molecular weight excluding hydrogens is 200 g/mol. The zero-order valence-electron chi connectivity index (χ0n) is 9.70. The van der Waals surface area contributed by atoms with Crippen LogP contribution in [0, 0.1) is 0 Å². The van der Waals surface area contributed by atoms with Gasteiger partial charge in [-0.05, 0) is 25.0 Å². The zero-order chi connectivity index (χ0) is 11.0. The van der Waals surface area contributed by atoms with Crippen LogP contribution in [0.15, 0.2) is 24.3 Å². The van der Waals surface area contributed by atoms with Crippen LogP contribution in [-0.4, -0.2) is 32.3 Å². The summed E-state index contributed by atoms with van der Waals surface area (Å²) >= 11 is 0. The molecule has 0 unspecified atom stereocenters. The van der Waals surface area contributed by atoms with Crippen LogP contribution >= 0.6 is 0 Å². The summed E-state index contributed by atoms with van der Waals surface area (Å²) < 4.78 is 5.48. The van der Waals surface area contributed by atoms with E-state index in [1.807, 2.05) is 0 Å². The number of nitrogens with one attached hydrogen (secondary N) is 1. The Labute approximate surface area is 96.4 Å². The number of para-hydroxylation sites is 2. The first-order valence-corrected chi connectivity index (χ1v) is 5.96. The van der Waals surface area contributed by atoms with E-state index in [1.165, 1.54) is 11.4 Å². The molecule has 3 rings (SSSR count). The van der Waals surface area contributed by atoms with Gasteiger partial charge in [0.15, 0.2) is 0 Å². The molecule has 0 aliphatic carbocycles. The monoisotopic (exact) mass is 218 g/mol. The predicted octanol–water partition coefficient (Wildman–Crippen LogP) is 2.10. The molecule has 86 valence electrons. The van der Waals surface area contributed by atoms with Crippen molar-refractivity contribution in [3.05, 3.63) is 24.3 Å². The van der Waals surface area contributed by atoms with E-state index >= 15 is 0 Å². The molecule has 1 saturated heterocycles. The number of ether oxygens (including phenoxy) is 1. The number of benzene rings is 1. The van der Waals surface area contributed by atoms with Gasteiger partial charge in [0.2, 0.25) is 0 Å². The molecule has 0 bridgehead atoms. The fourth-order valence-electron chi connectivity index (χ4n) is 2.81. The van der Waals surface area contributed by atoms with Crippen LogP contribution in [-0.2, 0) is 4.74 Å². The molecule has 2 aliphatic heterocycles. The van der Waals surface area contributed by atoms with Gasteiger partial charge < -0.3 is 15.0 Å². The van der Waals surface area contributed by atoms with Crippen molar-refractivity contribution in [1.29, 1.82) is 0 Å². The van der Waals surface area contributed by atoms with Gasteiger partial charge in [-0.2, -0.15) is 0 Å². The van der Waals surface area contributed by atoms with Gasteiger partial charge in [0.25, 0.3) is 0 Å². The van der Waals surface area contributed by atoms with E-state index in [0.29, 0.717) is 0 Å². The normalized spacial score (nSPS) is 22.7. The molecule has 16 heavy (non-hydrogen) atoms. The largest absolute Gasteiger partial charge is 0.381 e. The van der Waals surface area contributed by atoms with Crippen molar-refractivity contribution in [2.75, 3.05) is 37.0 Å². The maximum Gasteiger partial charge on any atom is 0.0615 e. The minimum atomic E-state index is 0.257. The highest BCUT2D eigenvalue weighted by Gasteiger charge is 2.39. The molecule has 1 N–H and O–H groups in total. The second-order valence-electron chi connectivity index (χ2n) is 4.77. The Bertz CT molecular complexity index is 385. The van der Waals surface area contributed by atoms with Gasteiger partial charge in [-0.1, -0.05) is 12.1 Å². The molecule has 2 aliphatic rings. The van der Waals surface area contributed by atoms with Crippen molar-refractivity contribution in [2.45, 2.75) is 18.4 Å². The van der Waals surface area contributed by atoms with Gasteiger partial charge >= 0.3 is 0 Å². The standard InChI is InChI=1S/C13H18N2O/c1-15-12-5-3-2-4-11(12)14-10-13(15)6-8-16-9-7-13/h2-5,14H,6-10H2,1H3. The molecule has 3 heteroatoms. The maximum absolute atomic E-state index is 5.48. The number of fused-ring (bicyclic) bond motifs is 1. The zero-order valence-corrected chi connectivity index (χ0v) is 9.70. The predicted molar refractivity (Wildman–Crippen MR) is 66.1 cm³/mol. The molecule has 1 spiro atoms. The Morgan fingerprint density at radius 2 is 2.00 bits per heavy atom. The van der Waals surface area contributed by atoms with Gasteiger partial charge in [-0.3, -0.25) is 0 Å². The third-order valence-corrected chi connectivity index (χ3v) is 4.01. The fraction of sp³-hybridized carbons (Fsp3) is 0.538. The molecule has 0 aromatic heterocycles. The Morgan fingerprint density at radius 3 is 2.81 bits per heavy atom. The first-order valence-electron chi connectivity index (χ1n) is 5.96. The van der Waals surface area contributed by atoms with Gasteiger partial charge in [0.1, 0.15) is 0 Å². The average Bonchev–Trinajstić information content (AvgIpc) is 2.36. The second kappa shape index (κ2) is 3.67. The number of likely N-dealkylation sites (N-methyl/N-ethyl adjacent to an activating group) is 1. The topological polar surface area (TPSA) is 24.5 Å². The van der Waals surface area contributed by atoms with Crippen LogP contribution in [0.1, 0.15) is 12.8 Å². The summed E-state index contributed by atoms with van der Waals surface area (Å²) in [6.45, 7) is 2.80. The van der Waals surface area contributed by atoms with Crippen LogP contribution in [0.25, 0.3) is 0 Å². The average molecular weight is 218 g/mol. The van der Waals surface area contributed by atoms with Crippen molar-refractivity contribution < 1.29 is 4.74 Å². The summed E-state index contributed by atoms with van der Waals surface area (Å²) in [5, 5.41) is 3.56. The lowest BCUT2D eigenvalue weighted by Gasteiger charge is -2.49.